The lowest BCUT2D eigenvalue weighted by atomic mass is 9.51. The molecule has 6 heteroatoms. The third-order valence-corrected chi connectivity index (χ3v) is 9.49. The number of esters is 1. The van der Waals surface area contributed by atoms with Crippen molar-refractivity contribution in [1.29, 1.82) is 0 Å². The van der Waals surface area contributed by atoms with E-state index in [9.17, 15) is 19.8 Å². The van der Waals surface area contributed by atoms with E-state index in [2.05, 4.69) is 6.08 Å². The van der Waals surface area contributed by atoms with Crippen molar-refractivity contribution < 1.29 is 28.9 Å². The Labute approximate surface area is 205 Å². The summed E-state index contributed by atoms with van der Waals surface area (Å²) < 4.78 is 20.8. The summed E-state index contributed by atoms with van der Waals surface area (Å²) in [5, 5.41) is 23.2. The molecule has 0 amide bonds. The minimum Gasteiger partial charge on any atom is -0.459 e. The Hall–Kier alpha value is -2.57. The molecule has 5 nitrogen and oxygen atoms in total. The molecule has 8 atom stereocenters. The zero-order valence-electron chi connectivity index (χ0n) is 20.4. The summed E-state index contributed by atoms with van der Waals surface area (Å²) in [6.07, 6.45) is 5.75. The van der Waals surface area contributed by atoms with Crippen LogP contribution in [0.25, 0.3) is 0 Å². The van der Waals surface area contributed by atoms with E-state index < -0.39 is 34.7 Å². The average Bonchev–Trinajstić information content (AvgIpc) is 3.06. The van der Waals surface area contributed by atoms with Crippen LogP contribution in [0.1, 0.15) is 50.4 Å². The SMILES string of the molecule is C[C@@H]1C[C@@H]2[C@@H]3C[C@H](F)C4=CC(=O)C=C[C@]4(C)C3=CC[C@]2(C)[C@@]1(O)[C@@H](O)COC(=O)c1ccccc1. The van der Waals surface area contributed by atoms with Gasteiger partial charge in [0, 0.05) is 10.8 Å². The molecule has 0 saturated heterocycles. The maximum atomic E-state index is 15.5. The summed E-state index contributed by atoms with van der Waals surface area (Å²) in [5.41, 5.74) is -0.864. The molecule has 0 spiro atoms. The van der Waals surface area contributed by atoms with Gasteiger partial charge in [-0.25, -0.2) is 9.18 Å². The van der Waals surface area contributed by atoms with Crippen molar-refractivity contribution >= 4 is 11.8 Å². The number of aliphatic hydroxyl groups is 2. The zero-order valence-corrected chi connectivity index (χ0v) is 20.4. The van der Waals surface area contributed by atoms with Gasteiger partial charge in [0.05, 0.1) is 5.56 Å². The van der Waals surface area contributed by atoms with E-state index in [0.717, 1.165) is 5.57 Å². The van der Waals surface area contributed by atoms with Gasteiger partial charge in [0.2, 0.25) is 0 Å². The number of carbonyl (C=O) groups excluding carboxylic acids is 2. The van der Waals surface area contributed by atoms with E-state index in [1.54, 1.807) is 30.3 Å². The molecule has 5 rings (SSSR count). The molecule has 186 valence electrons. The number of hydrogen-bond donors (Lipinski definition) is 2. The Morgan fingerprint density at radius 2 is 1.91 bits per heavy atom. The highest BCUT2D eigenvalue weighted by atomic mass is 19.1. The molecule has 0 aliphatic heterocycles. The second-order valence-electron chi connectivity index (χ2n) is 11.2. The normalized spacial score (nSPS) is 40.7. The van der Waals surface area contributed by atoms with Crippen LogP contribution in [0.3, 0.4) is 0 Å². The Balaban J connectivity index is 1.43. The lowest BCUT2D eigenvalue weighted by Crippen LogP contribution is -2.60. The van der Waals surface area contributed by atoms with Gasteiger partial charge in [-0.05, 0) is 73.8 Å². The number of ether oxygens (including phenoxy) is 1. The number of halogens is 1. The fourth-order valence-electron chi connectivity index (χ4n) is 7.56. The fourth-order valence-corrected chi connectivity index (χ4v) is 7.56. The van der Waals surface area contributed by atoms with Crippen LogP contribution >= 0.6 is 0 Å². The summed E-state index contributed by atoms with van der Waals surface area (Å²) in [4.78, 5) is 24.4. The predicted octanol–water partition coefficient (Wildman–Crippen LogP) is 4.36. The van der Waals surface area contributed by atoms with Crippen LogP contribution in [0.4, 0.5) is 4.39 Å². The summed E-state index contributed by atoms with van der Waals surface area (Å²) >= 11 is 0. The Morgan fingerprint density at radius 3 is 2.63 bits per heavy atom. The first-order valence-electron chi connectivity index (χ1n) is 12.4. The van der Waals surface area contributed by atoms with Crippen LogP contribution in [0, 0.1) is 28.6 Å². The van der Waals surface area contributed by atoms with Crippen molar-refractivity contribution in [2.45, 2.75) is 57.9 Å². The first-order chi connectivity index (χ1) is 16.5. The number of benzene rings is 1. The summed E-state index contributed by atoms with van der Waals surface area (Å²) in [6, 6.07) is 8.54. The Morgan fingerprint density at radius 1 is 1.20 bits per heavy atom. The van der Waals surface area contributed by atoms with Crippen LogP contribution in [0.15, 0.2) is 65.8 Å². The number of alkyl halides is 1. The van der Waals surface area contributed by atoms with Crippen molar-refractivity contribution in [1.82, 2.24) is 0 Å². The molecular weight excluding hydrogens is 447 g/mol. The highest BCUT2D eigenvalue weighted by Crippen LogP contribution is 2.67. The number of hydrogen-bond acceptors (Lipinski definition) is 5. The number of allylic oxidation sites excluding steroid dienone is 6. The van der Waals surface area contributed by atoms with Gasteiger partial charge < -0.3 is 14.9 Å². The molecule has 0 radical (unpaired) electrons. The summed E-state index contributed by atoms with van der Waals surface area (Å²) in [5.74, 6) is -1.17. The van der Waals surface area contributed by atoms with Crippen molar-refractivity contribution in [3.8, 4) is 0 Å². The number of rotatable bonds is 4. The number of ketones is 1. The number of carbonyl (C=O) groups is 2. The van der Waals surface area contributed by atoms with E-state index in [4.69, 9.17) is 4.74 Å². The van der Waals surface area contributed by atoms with Gasteiger partial charge in [-0.1, -0.05) is 49.8 Å². The molecule has 0 unspecified atom stereocenters. The maximum absolute atomic E-state index is 15.5. The summed E-state index contributed by atoms with van der Waals surface area (Å²) in [7, 11) is 0. The molecule has 35 heavy (non-hydrogen) atoms. The molecule has 2 N–H and O–H groups in total. The van der Waals surface area contributed by atoms with Crippen molar-refractivity contribution in [3.63, 3.8) is 0 Å². The second-order valence-corrected chi connectivity index (χ2v) is 11.2. The third-order valence-electron chi connectivity index (χ3n) is 9.49. The maximum Gasteiger partial charge on any atom is 0.338 e. The first kappa shape index (κ1) is 24.1. The standard InChI is InChI=1S/C29H33FO5/c1-17-13-22-20-15-24(30)23-14-19(31)9-11-27(23,2)21(20)10-12-28(22,3)29(17,34)25(32)16-35-26(33)18-7-5-4-6-8-18/h4-11,14,17,20,22,24-25,32,34H,12-13,15-16H2,1-3H3/t17-,20-,22-,24+,25+,27-,28+,29+/m1/s1. The number of fused-ring (bicyclic) bond motifs is 5. The minimum absolute atomic E-state index is 0.0513. The van der Waals surface area contributed by atoms with Crippen molar-refractivity contribution in [2.75, 3.05) is 6.61 Å². The van der Waals surface area contributed by atoms with Crippen molar-refractivity contribution in [3.05, 3.63) is 71.3 Å². The topological polar surface area (TPSA) is 83.8 Å². The highest BCUT2D eigenvalue weighted by Gasteiger charge is 2.67. The van der Waals surface area contributed by atoms with Gasteiger partial charge in [0.1, 0.15) is 24.5 Å². The second kappa shape index (κ2) is 8.24. The lowest BCUT2D eigenvalue weighted by Gasteiger charge is -2.55. The molecule has 0 heterocycles. The Kier molecular flexibility index (Phi) is 5.68. The van der Waals surface area contributed by atoms with Crippen LogP contribution in [0.2, 0.25) is 0 Å². The molecule has 4 aliphatic carbocycles. The predicted molar refractivity (Wildman–Crippen MR) is 129 cm³/mol. The molecular formula is C29H33FO5. The van der Waals surface area contributed by atoms with E-state index in [0.29, 0.717) is 24.0 Å². The zero-order chi connectivity index (χ0) is 25.2. The average molecular weight is 481 g/mol. The van der Waals surface area contributed by atoms with Gasteiger partial charge in [0.25, 0.3) is 0 Å². The van der Waals surface area contributed by atoms with Crippen LogP contribution in [-0.2, 0) is 9.53 Å². The number of aliphatic hydroxyl groups excluding tert-OH is 1. The van der Waals surface area contributed by atoms with E-state index in [-0.39, 0.29) is 36.6 Å². The molecule has 2 saturated carbocycles. The Bertz CT molecular complexity index is 1140. The summed E-state index contributed by atoms with van der Waals surface area (Å²) in [6.45, 7) is 5.53. The highest BCUT2D eigenvalue weighted by molar-refractivity contribution is 6.01. The van der Waals surface area contributed by atoms with E-state index in [1.165, 1.54) is 12.2 Å². The molecule has 1 aromatic carbocycles. The molecule has 2 fully saturated rings. The molecule has 1 aromatic rings. The minimum atomic E-state index is -1.50. The third kappa shape index (κ3) is 3.40. The van der Waals surface area contributed by atoms with Crippen LogP contribution in [-0.4, -0.2) is 46.4 Å². The van der Waals surface area contributed by atoms with Crippen LogP contribution in [0.5, 0.6) is 0 Å². The lowest BCUT2D eigenvalue weighted by molar-refractivity contribution is -0.181. The molecule has 0 bridgehead atoms. The largest absolute Gasteiger partial charge is 0.459 e. The van der Waals surface area contributed by atoms with Gasteiger partial charge >= 0.3 is 5.97 Å². The first-order valence-corrected chi connectivity index (χ1v) is 12.4. The van der Waals surface area contributed by atoms with Gasteiger partial charge in [0.15, 0.2) is 5.78 Å². The fraction of sp³-hybridized carbons (Fsp3) is 0.517. The van der Waals surface area contributed by atoms with Crippen molar-refractivity contribution in [2.24, 2.45) is 28.6 Å². The van der Waals surface area contributed by atoms with Gasteiger partial charge in [-0.2, -0.15) is 0 Å². The molecule has 4 aliphatic rings. The smallest absolute Gasteiger partial charge is 0.338 e. The van der Waals surface area contributed by atoms with E-state index >= 15 is 4.39 Å². The molecule has 0 aromatic heterocycles. The van der Waals surface area contributed by atoms with Crippen LogP contribution < -0.4 is 0 Å². The quantitative estimate of drug-likeness (QED) is 0.494. The van der Waals surface area contributed by atoms with Gasteiger partial charge in [-0.15, -0.1) is 0 Å². The van der Waals surface area contributed by atoms with E-state index in [1.807, 2.05) is 26.8 Å². The monoisotopic (exact) mass is 480 g/mol. The van der Waals surface area contributed by atoms with Gasteiger partial charge in [-0.3, -0.25) is 4.79 Å².